The highest BCUT2D eigenvalue weighted by molar-refractivity contribution is 5.78. The zero-order valence-electron chi connectivity index (χ0n) is 17.7. The molecule has 0 aliphatic carbocycles. The summed E-state index contributed by atoms with van der Waals surface area (Å²) in [5, 5.41) is 3.00. The van der Waals surface area contributed by atoms with Gasteiger partial charge in [-0.3, -0.25) is 14.6 Å². The normalized spacial score (nSPS) is 24.0. The molecule has 1 amide bonds. The fourth-order valence-electron chi connectivity index (χ4n) is 5.04. The summed E-state index contributed by atoms with van der Waals surface area (Å²) in [4.78, 5) is 17.1. The van der Waals surface area contributed by atoms with Crippen molar-refractivity contribution in [2.75, 3.05) is 46.9 Å². The molecule has 0 spiro atoms. The molecule has 0 unspecified atom stereocenters. The molecule has 0 saturated carbocycles. The number of benzene rings is 2. The molecule has 2 aromatic rings. The van der Waals surface area contributed by atoms with E-state index in [0.717, 1.165) is 30.9 Å². The van der Waals surface area contributed by atoms with E-state index in [1.807, 2.05) is 12.1 Å². The molecule has 2 aromatic carbocycles. The minimum absolute atomic E-state index is 0.0615. The number of nitrogens with one attached hydrogen (secondary N) is 1. The summed E-state index contributed by atoms with van der Waals surface area (Å²) in [6.45, 7) is 3.98. The van der Waals surface area contributed by atoms with Gasteiger partial charge in [0.1, 0.15) is 11.6 Å². The SMILES string of the molecule is COc1ccc([C@H]2[C@@H]3CN(CC(=O)NCCc4ccc(F)cc4)C[C@@H]3CN2C)cc1. The van der Waals surface area contributed by atoms with Crippen LogP contribution in [-0.4, -0.2) is 62.6 Å². The van der Waals surface area contributed by atoms with Gasteiger partial charge in [0.2, 0.25) is 5.91 Å². The molecule has 160 valence electrons. The molecule has 30 heavy (non-hydrogen) atoms. The van der Waals surface area contributed by atoms with E-state index in [2.05, 4.69) is 34.3 Å². The molecule has 6 heteroatoms. The van der Waals surface area contributed by atoms with Crippen molar-refractivity contribution >= 4 is 5.91 Å². The minimum Gasteiger partial charge on any atom is -0.497 e. The second-order valence-corrected chi connectivity index (χ2v) is 8.50. The Labute approximate surface area is 177 Å². The molecule has 4 rings (SSSR count). The lowest BCUT2D eigenvalue weighted by molar-refractivity contribution is -0.122. The highest BCUT2D eigenvalue weighted by Crippen LogP contribution is 2.44. The monoisotopic (exact) mass is 411 g/mol. The zero-order chi connectivity index (χ0) is 21.1. The summed E-state index contributed by atoms with van der Waals surface area (Å²) in [5.41, 5.74) is 2.34. The third kappa shape index (κ3) is 4.65. The first kappa shape index (κ1) is 20.8. The highest BCUT2D eigenvalue weighted by Gasteiger charge is 2.46. The van der Waals surface area contributed by atoms with Crippen molar-refractivity contribution in [2.45, 2.75) is 12.5 Å². The first-order chi connectivity index (χ1) is 14.5. The zero-order valence-corrected chi connectivity index (χ0v) is 17.7. The van der Waals surface area contributed by atoms with Crippen LogP contribution in [0.2, 0.25) is 0 Å². The van der Waals surface area contributed by atoms with Gasteiger partial charge in [0.05, 0.1) is 13.7 Å². The Morgan fingerprint density at radius 2 is 1.83 bits per heavy atom. The van der Waals surface area contributed by atoms with Crippen molar-refractivity contribution in [1.82, 2.24) is 15.1 Å². The fourth-order valence-corrected chi connectivity index (χ4v) is 5.04. The van der Waals surface area contributed by atoms with Gasteiger partial charge in [-0.25, -0.2) is 4.39 Å². The molecule has 3 atom stereocenters. The number of nitrogens with zero attached hydrogens (tertiary/aromatic N) is 2. The van der Waals surface area contributed by atoms with Crippen LogP contribution in [0.1, 0.15) is 17.2 Å². The van der Waals surface area contributed by atoms with Crippen LogP contribution in [-0.2, 0) is 11.2 Å². The van der Waals surface area contributed by atoms with Crippen molar-refractivity contribution < 1.29 is 13.9 Å². The summed E-state index contributed by atoms with van der Waals surface area (Å²) < 4.78 is 18.3. The molecule has 5 nitrogen and oxygen atoms in total. The van der Waals surface area contributed by atoms with E-state index in [-0.39, 0.29) is 11.7 Å². The van der Waals surface area contributed by atoms with Crippen molar-refractivity contribution in [1.29, 1.82) is 0 Å². The third-order valence-corrected chi connectivity index (χ3v) is 6.44. The van der Waals surface area contributed by atoms with E-state index in [9.17, 15) is 9.18 Å². The molecule has 1 N–H and O–H groups in total. The average molecular weight is 412 g/mol. The molecule has 2 aliphatic rings. The predicted octanol–water partition coefficient (Wildman–Crippen LogP) is 2.73. The summed E-state index contributed by atoms with van der Waals surface area (Å²) in [6.07, 6.45) is 0.710. The van der Waals surface area contributed by atoms with Gasteiger partial charge in [-0.05, 0) is 60.7 Å². The van der Waals surface area contributed by atoms with Crippen LogP contribution in [0.3, 0.4) is 0 Å². The number of carbonyl (C=O) groups is 1. The average Bonchev–Trinajstić information content (AvgIpc) is 3.25. The van der Waals surface area contributed by atoms with Gasteiger partial charge in [-0.15, -0.1) is 0 Å². The van der Waals surface area contributed by atoms with Gasteiger partial charge in [-0.1, -0.05) is 24.3 Å². The Hall–Kier alpha value is -2.44. The Morgan fingerprint density at radius 1 is 1.10 bits per heavy atom. The Bertz CT molecular complexity index is 856. The van der Waals surface area contributed by atoms with Gasteiger partial charge < -0.3 is 10.1 Å². The van der Waals surface area contributed by atoms with Crippen molar-refractivity contribution in [3.8, 4) is 5.75 Å². The molecule has 2 heterocycles. The number of amides is 1. The van der Waals surface area contributed by atoms with Crippen LogP contribution in [0.25, 0.3) is 0 Å². The topological polar surface area (TPSA) is 44.8 Å². The summed E-state index contributed by atoms with van der Waals surface area (Å²) in [7, 11) is 3.88. The standard InChI is InChI=1S/C24H30FN3O2/c1-27-13-19-14-28(15-22(19)24(27)18-5-9-21(30-2)10-6-18)16-23(29)26-12-11-17-3-7-20(25)8-4-17/h3-10,19,22,24H,11-16H2,1-2H3,(H,26,29)/t19-,22+,24-/m0/s1. The number of ether oxygens (including phenoxy) is 1. The van der Waals surface area contributed by atoms with Crippen LogP contribution in [0.15, 0.2) is 48.5 Å². The molecule has 0 bridgehead atoms. The van der Waals surface area contributed by atoms with E-state index in [1.165, 1.54) is 17.7 Å². The molecule has 2 aliphatic heterocycles. The molecule has 0 radical (unpaired) electrons. The van der Waals surface area contributed by atoms with E-state index >= 15 is 0 Å². The largest absolute Gasteiger partial charge is 0.497 e. The Balaban J connectivity index is 1.28. The number of carbonyl (C=O) groups excluding carboxylic acids is 1. The molecular formula is C24H30FN3O2. The maximum atomic E-state index is 13.0. The van der Waals surface area contributed by atoms with E-state index in [1.54, 1.807) is 19.2 Å². The lowest BCUT2D eigenvalue weighted by atomic mass is 9.89. The number of hydrogen-bond donors (Lipinski definition) is 1. The van der Waals surface area contributed by atoms with Gasteiger partial charge in [0, 0.05) is 32.2 Å². The van der Waals surface area contributed by atoms with Crippen LogP contribution in [0.4, 0.5) is 4.39 Å². The van der Waals surface area contributed by atoms with Crippen molar-refractivity contribution in [3.05, 3.63) is 65.5 Å². The highest BCUT2D eigenvalue weighted by atomic mass is 19.1. The van der Waals surface area contributed by atoms with Gasteiger partial charge in [-0.2, -0.15) is 0 Å². The lowest BCUT2D eigenvalue weighted by Crippen LogP contribution is -2.38. The first-order valence-corrected chi connectivity index (χ1v) is 10.6. The molecule has 0 aromatic heterocycles. The maximum absolute atomic E-state index is 13.0. The Kier molecular flexibility index (Phi) is 6.35. The lowest BCUT2D eigenvalue weighted by Gasteiger charge is -2.26. The van der Waals surface area contributed by atoms with Crippen molar-refractivity contribution in [2.24, 2.45) is 11.8 Å². The van der Waals surface area contributed by atoms with E-state index in [0.29, 0.717) is 37.4 Å². The van der Waals surface area contributed by atoms with Crippen LogP contribution < -0.4 is 10.1 Å². The van der Waals surface area contributed by atoms with Crippen LogP contribution >= 0.6 is 0 Å². The number of halogens is 1. The van der Waals surface area contributed by atoms with Crippen LogP contribution in [0, 0.1) is 17.7 Å². The second kappa shape index (κ2) is 9.14. The molecular weight excluding hydrogens is 381 g/mol. The number of fused-ring (bicyclic) bond motifs is 1. The maximum Gasteiger partial charge on any atom is 0.234 e. The smallest absolute Gasteiger partial charge is 0.234 e. The minimum atomic E-state index is -0.235. The number of rotatable bonds is 7. The number of hydrogen-bond acceptors (Lipinski definition) is 4. The van der Waals surface area contributed by atoms with E-state index in [4.69, 9.17) is 4.74 Å². The summed E-state index contributed by atoms with van der Waals surface area (Å²) in [5.74, 6) is 1.83. The van der Waals surface area contributed by atoms with E-state index < -0.39 is 0 Å². The van der Waals surface area contributed by atoms with Crippen LogP contribution in [0.5, 0.6) is 5.75 Å². The number of likely N-dealkylation sites (tertiary alicyclic amines) is 2. The van der Waals surface area contributed by atoms with Gasteiger partial charge in [0.25, 0.3) is 0 Å². The second-order valence-electron chi connectivity index (χ2n) is 8.50. The van der Waals surface area contributed by atoms with Gasteiger partial charge >= 0.3 is 0 Å². The predicted molar refractivity (Wildman–Crippen MR) is 115 cm³/mol. The first-order valence-electron chi connectivity index (χ1n) is 10.6. The fraction of sp³-hybridized carbons (Fsp3) is 0.458. The summed E-state index contributed by atoms with van der Waals surface area (Å²) >= 11 is 0. The van der Waals surface area contributed by atoms with Gasteiger partial charge in [0.15, 0.2) is 0 Å². The Morgan fingerprint density at radius 3 is 2.53 bits per heavy atom. The van der Waals surface area contributed by atoms with Crippen molar-refractivity contribution in [3.63, 3.8) is 0 Å². The quantitative estimate of drug-likeness (QED) is 0.761. The molecule has 2 saturated heterocycles. The number of methoxy groups -OCH3 is 1. The summed E-state index contributed by atoms with van der Waals surface area (Å²) in [6, 6.07) is 15.2. The molecule has 2 fully saturated rings. The third-order valence-electron chi connectivity index (χ3n) is 6.44.